The number of fused-ring (bicyclic) bond motifs is 7. The van der Waals surface area contributed by atoms with Crippen LogP contribution in [0.5, 0.6) is 0 Å². The maximum Gasteiger partial charge on any atom is 0.144 e. The third kappa shape index (κ3) is 5.85. The molecular formula is C43H77NO8. The van der Waals surface area contributed by atoms with Crippen LogP contribution in [-0.4, -0.2) is 97.2 Å². The summed E-state index contributed by atoms with van der Waals surface area (Å²) in [5.74, 6) is 4.43. The molecule has 6 fully saturated rings. The van der Waals surface area contributed by atoms with Gasteiger partial charge in [-0.1, -0.05) is 62.3 Å². The van der Waals surface area contributed by atoms with E-state index in [1.54, 1.807) is 0 Å². The molecule has 302 valence electrons. The molecule has 0 aromatic rings. The molecule has 0 aliphatic heterocycles. The van der Waals surface area contributed by atoms with Gasteiger partial charge in [-0.3, -0.25) is 0 Å². The van der Waals surface area contributed by atoms with E-state index >= 15 is 0 Å². The fourth-order valence-electron chi connectivity index (χ4n) is 15.5. The molecule has 0 aromatic heterocycles. The van der Waals surface area contributed by atoms with Crippen molar-refractivity contribution in [1.82, 2.24) is 0 Å². The lowest BCUT2D eigenvalue weighted by atomic mass is 9.31. The Hall–Kier alpha value is -0.360. The summed E-state index contributed by atoms with van der Waals surface area (Å²) in [6.07, 6.45) is 5.17. The Balaban J connectivity index is 1.09. The van der Waals surface area contributed by atoms with Crippen LogP contribution in [0.4, 0.5) is 0 Å². The fraction of sp³-hybridized carbons (Fsp3) is 1.00. The summed E-state index contributed by atoms with van der Waals surface area (Å²) in [7, 11) is 0. The first-order valence-electron chi connectivity index (χ1n) is 21.2. The normalized spacial score (nSPS) is 52.8. The molecule has 0 spiro atoms. The zero-order chi connectivity index (χ0) is 38.6. The fourth-order valence-corrected chi connectivity index (χ4v) is 15.5. The number of aliphatic hydroxyl groups excluding tert-OH is 6. The van der Waals surface area contributed by atoms with Crippen molar-refractivity contribution in [3.8, 4) is 0 Å². The molecule has 10 unspecified atom stereocenters. The van der Waals surface area contributed by atoms with Crippen molar-refractivity contribution in [2.45, 2.75) is 181 Å². The Labute approximate surface area is 314 Å². The van der Waals surface area contributed by atoms with Crippen molar-refractivity contribution in [3.05, 3.63) is 0 Å². The number of rotatable bonds is 10. The van der Waals surface area contributed by atoms with Crippen molar-refractivity contribution in [2.75, 3.05) is 13.2 Å². The molecular weight excluding hydrogens is 658 g/mol. The quantitative estimate of drug-likeness (QED) is 0.159. The second-order valence-corrected chi connectivity index (χ2v) is 21.4. The van der Waals surface area contributed by atoms with E-state index in [9.17, 15) is 35.7 Å². The van der Waals surface area contributed by atoms with Gasteiger partial charge in [-0.25, -0.2) is 0 Å². The lowest BCUT2D eigenvalue weighted by molar-refractivity contribution is -0.246. The molecule has 0 amide bonds. The van der Waals surface area contributed by atoms with Crippen LogP contribution in [0.25, 0.3) is 0 Å². The minimum atomic E-state index is -2.21. The SMILES string of the molecule is CC(CC(C)[C@H]1CC[C@]2(C)[C@H]3CC[C@@H]4[C@@]5(C)CC[C@H](C)C(C)(C)[C@@H]5CC[C@@]4(C)[C@]3(C)CC[C@@H]12)C(O)C(O)C(O)COC1C(N)C(O)C(O)C1(O)CO. The third-order valence-electron chi connectivity index (χ3n) is 19.1. The van der Waals surface area contributed by atoms with E-state index in [4.69, 9.17) is 10.5 Å². The lowest BCUT2D eigenvalue weighted by Gasteiger charge is -2.73. The first-order valence-corrected chi connectivity index (χ1v) is 21.2. The van der Waals surface area contributed by atoms with Crippen LogP contribution >= 0.6 is 0 Å². The second kappa shape index (κ2) is 13.9. The summed E-state index contributed by atoms with van der Waals surface area (Å²) < 4.78 is 5.57. The van der Waals surface area contributed by atoms with Crippen molar-refractivity contribution in [3.63, 3.8) is 0 Å². The number of hydrogen-bond acceptors (Lipinski definition) is 9. The Bertz CT molecular complexity index is 1280. The van der Waals surface area contributed by atoms with Crippen LogP contribution in [-0.2, 0) is 4.74 Å². The van der Waals surface area contributed by atoms with Crippen molar-refractivity contribution in [1.29, 1.82) is 0 Å². The number of nitrogens with two attached hydrogens (primary N) is 1. The Morgan fingerprint density at radius 3 is 1.94 bits per heavy atom. The molecule has 6 saturated carbocycles. The Morgan fingerprint density at radius 2 is 1.33 bits per heavy atom. The van der Waals surface area contributed by atoms with Gasteiger partial charge >= 0.3 is 0 Å². The van der Waals surface area contributed by atoms with Crippen LogP contribution in [0.15, 0.2) is 0 Å². The van der Waals surface area contributed by atoms with Gasteiger partial charge in [0.15, 0.2) is 0 Å². The van der Waals surface area contributed by atoms with Crippen LogP contribution in [0, 0.1) is 74.4 Å². The second-order valence-electron chi connectivity index (χ2n) is 21.4. The molecule has 0 aromatic carbocycles. The van der Waals surface area contributed by atoms with Gasteiger partial charge in [-0.15, -0.1) is 0 Å². The van der Waals surface area contributed by atoms with E-state index < -0.39 is 61.5 Å². The predicted molar refractivity (Wildman–Crippen MR) is 202 cm³/mol. The smallest absolute Gasteiger partial charge is 0.144 e. The molecule has 0 heterocycles. The van der Waals surface area contributed by atoms with E-state index in [0.717, 1.165) is 30.1 Å². The van der Waals surface area contributed by atoms with E-state index in [0.29, 0.717) is 44.8 Å². The molecule has 9 nitrogen and oxygen atoms in total. The van der Waals surface area contributed by atoms with E-state index in [2.05, 4.69) is 55.4 Å². The van der Waals surface area contributed by atoms with Gasteiger partial charge in [-0.2, -0.15) is 0 Å². The number of hydrogen-bond donors (Lipinski definition) is 8. The van der Waals surface area contributed by atoms with Gasteiger partial charge in [-0.05, 0) is 145 Å². The lowest BCUT2D eigenvalue weighted by Crippen LogP contribution is -2.66. The zero-order valence-electron chi connectivity index (χ0n) is 34.0. The molecule has 20 atom stereocenters. The highest BCUT2D eigenvalue weighted by atomic mass is 16.5. The molecule has 6 aliphatic rings. The number of aliphatic hydroxyl groups is 7. The largest absolute Gasteiger partial charge is 0.393 e. The predicted octanol–water partition coefficient (Wildman–Crippen LogP) is 4.64. The van der Waals surface area contributed by atoms with Gasteiger partial charge in [0.1, 0.15) is 36.1 Å². The highest BCUT2D eigenvalue weighted by molar-refractivity contribution is 5.19. The summed E-state index contributed by atoms with van der Waals surface area (Å²) in [6.45, 7) is 21.3. The Morgan fingerprint density at radius 1 is 0.750 bits per heavy atom. The molecule has 6 rings (SSSR count). The molecule has 52 heavy (non-hydrogen) atoms. The molecule has 0 radical (unpaired) electrons. The molecule has 9 N–H and O–H groups in total. The molecule has 9 heteroatoms. The van der Waals surface area contributed by atoms with Crippen LogP contribution in [0.1, 0.15) is 133 Å². The van der Waals surface area contributed by atoms with Gasteiger partial charge in [0.05, 0.1) is 25.4 Å². The minimum Gasteiger partial charge on any atom is -0.393 e. The van der Waals surface area contributed by atoms with Gasteiger partial charge in [0.2, 0.25) is 0 Å². The maximum atomic E-state index is 11.2. The van der Waals surface area contributed by atoms with E-state index in [1.807, 2.05) is 6.92 Å². The third-order valence-corrected chi connectivity index (χ3v) is 19.1. The molecule has 0 bridgehead atoms. The van der Waals surface area contributed by atoms with E-state index in [-0.39, 0.29) is 5.92 Å². The summed E-state index contributed by atoms with van der Waals surface area (Å²) in [6, 6.07) is -1.21. The van der Waals surface area contributed by atoms with Crippen LogP contribution in [0.3, 0.4) is 0 Å². The Kier molecular flexibility index (Phi) is 11.1. The van der Waals surface area contributed by atoms with Gasteiger partial charge in [0, 0.05) is 0 Å². The summed E-state index contributed by atoms with van der Waals surface area (Å²) in [5.41, 5.74) is 5.58. The minimum absolute atomic E-state index is 0.278. The highest BCUT2D eigenvalue weighted by Crippen LogP contribution is 2.78. The molecule has 0 saturated heterocycles. The number of ether oxygens (including phenoxy) is 1. The first kappa shape index (κ1) is 41.3. The standard InChI is InChI=1S/C43H77NO8/c1-23(20-24(2)33(47)34(48)28(46)21-52-37-32(44)35(49)36(50)43(37,51)22-45)26-13-17-39(6)27(26)14-18-41(8)30(39)10-11-31-40(7)16-12-25(3)38(4,5)29(40)15-19-42(31,41)9/h23-37,45-51H,10-22,44H2,1-9H3/t23?,24?,25-,26+,27-,28?,29-,30+,31+,32?,33?,34?,35?,36?,37?,39-,40-,41+,42+,43?/m0/s1. The first-order chi connectivity index (χ1) is 24.1. The summed E-state index contributed by atoms with van der Waals surface area (Å²) in [4.78, 5) is 0. The average molecular weight is 736 g/mol. The van der Waals surface area contributed by atoms with Crippen molar-refractivity contribution in [2.24, 2.45) is 80.2 Å². The summed E-state index contributed by atoms with van der Waals surface area (Å²) in [5, 5.41) is 73.7. The highest BCUT2D eigenvalue weighted by Gasteiger charge is 2.70. The van der Waals surface area contributed by atoms with Crippen LogP contribution < -0.4 is 5.73 Å². The molecule has 6 aliphatic carbocycles. The zero-order valence-corrected chi connectivity index (χ0v) is 34.0. The van der Waals surface area contributed by atoms with Crippen molar-refractivity contribution >= 4 is 0 Å². The van der Waals surface area contributed by atoms with Gasteiger partial charge in [0.25, 0.3) is 0 Å². The monoisotopic (exact) mass is 736 g/mol. The van der Waals surface area contributed by atoms with Crippen molar-refractivity contribution < 1.29 is 40.5 Å². The van der Waals surface area contributed by atoms with Crippen LogP contribution in [0.2, 0.25) is 0 Å². The summed E-state index contributed by atoms with van der Waals surface area (Å²) >= 11 is 0. The van der Waals surface area contributed by atoms with E-state index in [1.165, 1.54) is 64.2 Å². The average Bonchev–Trinajstić information content (AvgIpc) is 3.52. The topological polar surface area (TPSA) is 177 Å². The van der Waals surface area contributed by atoms with Gasteiger partial charge < -0.3 is 46.2 Å². The maximum absolute atomic E-state index is 11.2.